The zero-order chi connectivity index (χ0) is 22.1. The molecule has 2 aliphatic rings. The highest BCUT2D eigenvalue weighted by molar-refractivity contribution is 6.11. The molecule has 2 saturated heterocycles. The van der Waals surface area contributed by atoms with Crippen molar-refractivity contribution in [2.24, 2.45) is 0 Å². The summed E-state index contributed by atoms with van der Waals surface area (Å²) in [6.07, 6.45) is 0.0937. The molecular formula is C23H34N4O3. The van der Waals surface area contributed by atoms with Crippen molar-refractivity contribution < 1.29 is 14.4 Å². The van der Waals surface area contributed by atoms with Crippen LogP contribution in [0.2, 0.25) is 0 Å². The second-order valence-corrected chi connectivity index (χ2v) is 9.07. The molecule has 2 fully saturated rings. The number of carbonyl (C=O) groups excluding carboxylic acids is 3. The standard InChI is InChI=1S/C23H34N4O3/c1-17-8-6-7-9-19(17)23(14-20(28)26-12-11-25(5)18(2)16-26)15-21(29)27(22(23)30)13-10-24(3)4/h6-9,18H,10-16H2,1-5H3/t18-,23+/m0/s1. The predicted octanol–water partition coefficient (Wildman–Crippen LogP) is 1.11. The smallest absolute Gasteiger partial charge is 0.240 e. The average molecular weight is 415 g/mol. The van der Waals surface area contributed by atoms with Gasteiger partial charge in [0.25, 0.3) is 0 Å². The molecule has 1 aromatic carbocycles. The Bertz CT molecular complexity index is 824. The fraction of sp³-hybridized carbons (Fsp3) is 0.609. The second-order valence-electron chi connectivity index (χ2n) is 9.07. The van der Waals surface area contributed by atoms with Gasteiger partial charge in [-0.25, -0.2) is 0 Å². The van der Waals surface area contributed by atoms with E-state index in [1.54, 1.807) is 0 Å². The number of likely N-dealkylation sites (tertiary alicyclic amines) is 1. The van der Waals surface area contributed by atoms with Gasteiger partial charge < -0.3 is 14.7 Å². The zero-order valence-corrected chi connectivity index (χ0v) is 18.9. The molecule has 2 aliphatic heterocycles. The minimum atomic E-state index is -1.11. The van der Waals surface area contributed by atoms with Crippen LogP contribution in [0.4, 0.5) is 0 Å². The lowest BCUT2D eigenvalue weighted by Crippen LogP contribution is -2.53. The van der Waals surface area contributed by atoms with E-state index in [2.05, 4.69) is 18.9 Å². The summed E-state index contributed by atoms with van der Waals surface area (Å²) in [5.74, 6) is -0.474. The Balaban J connectivity index is 1.92. The Morgan fingerprint density at radius 2 is 1.90 bits per heavy atom. The number of carbonyl (C=O) groups is 3. The van der Waals surface area contributed by atoms with E-state index >= 15 is 0 Å². The Hall–Kier alpha value is -2.25. The van der Waals surface area contributed by atoms with Gasteiger partial charge in [0.1, 0.15) is 0 Å². The van der Waals surface area contributed by atoms with E-state index in [-0.39, 0.29) is 36.6 Å². The van der Waals surface area contributed by atoms with Crippen molar-refractivity contribution in [2.45, 2.75) is 38.1 Å². The number of benzene rings is 1. The fourth-order valence-corrected chi connectivity index (χ4v) is 4.53. The number of amides is 3. The zero-order valence-electron chi connectivity index (χ0n) is 18.9. The average Bonchev–Trinajstić information content (AvgIpc) is 2.92. The molecule has 0 aliphatic carbocycles. The second kappa shape index (κ2) is 8.86. The third kappa shape index (κ3) is 4.27. The summed E-state index contributed by atoms with van der Waals surface area (Å²) in [4.78, 5) is 47.3. The first-order valence-electron chi connectivity index (χ1n) is 10.7. The molecule has 0 unspecified atom stereocenters. The number of imide groups is 1. The van der Waals surface area contributed by atoms with Crippen molar-refractivity contribution in [1.82, 2.24) is 19.6 Å². The highest BCUT2D eigenvalue weighted by atomic mass is 16.2. The van der Waals surface area contributed by atoms with Gasteiger partial charge in [-0.1, -0.05) is 24.3 Å². The molecule has 0 bridgehead atoms. The Morgan fingerprint density at radius 1 is 1.20 bits per heavy atom. The summed E-state index contributed by atoms with van der Waals surface area (Å²) >= 11 is 0. The van der Waals surface area contributed by atoms with Gasteiger partial charge in [0.2, 0.25) is 17.7 Å². The van der Waals surface area contributed by atoms with Crippen molar-refractivity contribution in [3.05, 3.63) is 35.4 Å². The molecule has 2 heterocycles. The Morgan fingerprint density at radius 3 is 2.53 bits per heavy atom. The van der Waals surface area contributed by atoms with Gasteiger partial charge in [0.15, 0.2) is 0 Å². The largest absolute Gasteiger partial charge is 0.340 e. The fourth-order valence-electron chi connectivity index (χ4n) is 4.53. The molecule has 7 heteroatoms. The molecule has 1 aromatic rings. The molecule has 0 radical (unpaired) electrons. The molecule has 30 heavy (non-hydrogen) atoms. The molecule has 3 rings (SSSR count). The minimum absolute atomic E-state index is 0.0390. The molecular weight excluding hydrogens is 380 g/mol. The van der Waals surface area contributed by atoms with Gasteiger partial charge in [-0.05, 0) is 46.1 Å². The number of likely N-dealkylation sites (N-methyl/N-ethyl adjacent to an activating group) is 2. The maximum Gasteiger partial charge on any atom is 0.240 e. The monoisotopic (exact) mass is 414 g/mol. The van der Waals surface area contributed by atoms with Crippen LogP contribution in [0, 0.1) is 6.92 Å². The summed E-state index contributed by atoms with van der Waals surface area (Å²) in [5, 5.41) is 0. The predicted molar refractivity (Wildman–Crippen MR) is 116 cm³/mol. The maximum absolute atomic E-state index is 13.6. The topological polar surface area (TPSA) is 64.2 Å². The van der Waals surface area contributed by atoms with Gasteiger partial charge in [0.05, 0.1) is 5.41 Å². The number of rotatable bonds is 6. The van der Waals surface area contributed by atoms with Crippen LogP contribution in [0.3, 0.4) is 0 Å². The van der Waals surface area contributed by atoms with Crippen molar-refractivity contribution in [2.75, 3.05) is 53.9 Å². The van der Waals surface area contributed by atoms with Crippen LogP contribution in [0.1, 0.15) is 30.9 Å². The Kier molecular flexibility index (Phi) is 6.62. The number of hydrogen-bond donors (Lipinski definition) is 0. The van der Waals surface area contributed by atoms with Crippen molar-refractivity contribution in [1.29, 1.82) is 0 Å². The van der Waals surface area contributed by atoms with E-state index in [0.717, 1.165) is 17.7 Å². The van der Waals surface area contributed by atoms with Crippen molar-refractivity contribution >= 4 is 17.7 Å². The van der Waals surface area contributed by atoms with Gasteiger partial charge in [-0.15, -0.1) is 0 Å². The van der Waals surface area contributed by atoms with Crippen molar-refractivity contribution in [3.8, 4) is 0 Å². The maximum atomic E-state index is 13.6. The van der Waals surface area contributed by atoms with Crippen LogP contribution < -0.4 is 0 Å². The van der Waals surface area contributed by atoms with E-state index in [1.165, 1.54) is 4.90 Å². The number of hydrogen-bond acceptors (Lipinski definition) is 5. The van der Waals surface area contributed by atoms with E-state index in [4.69, 9.17) is 0 Å². The van der Waals surface area contributed by atoms with Crippen molar-refractivity contribution in [3.63, 3.8) is 0 Å². The highest BCUT2D eigenvalue weighted by Gasteiger charge is 2.54. The molecule has 2 atom stereocenters. The summed E-state index contributed by atoms with van der Waals surface area (Å²) < 4.78 is 0. The number of piperazine rings is 1. The molecule has 0 saturated carbocycles. The lowest BCUT2D eigenvalue weighted by atomic mass is 9.74. The molecule has 3 amide bonds. The van der Waals surface area contributed by atoms with Gasteiger partial charge in [-0.3, -0.25) is 19.3 Å². The SMILES string of the molecule is Cc1ccccc1[C@@]1(CC(=O)N2CCN(C)[C@@H](C)C2)CC(=O)N(CCN(C)C)C1=O. The van der Waals surface area contributed by atoms with Gasteiger partial charge in [-0.2, -0.15) is 0 Å². The van der Waals surface area contributed by atoms with Gasteiger partial charge in [0, 0.05) is 51.6 Å². The Labute approximate surface area is 179 Å². The van der Waals surface area contributed by atoms with Crippen LogP contribution >= 0.6 is 0 Å². The van der Waals surface area contributed by atoms with E-state index < -0.39 is 5.41 Å². The highest BCUT2D eigenvalue weighted by Crippen LogP contribution is 2.41. The molecule has 0 spiro atoms. The third-order valence-electron chi connectivity index (χ3n) is 6.61. The molecule has 0 aromatic heterocycles. The summed E-state index contributed by atoms with van der Waals surface area (Å²) in [6.45, 7) is 7.10. The summed E-state index contributed by atoms with van der Waals surface area (Å²) in [5.41, 5.74) is 0.622. The third-order valence-corrected chi connectivity index (χ3v) is 6.61. The van der Waals surface area contributed by atoms with Crippen LogP contribution in [-0.4, -0.2) is 97.2 Å². The quantitative estimate of drug-likeness (QED) is 0.653. The summed E-state index contributed by atoms with van der Waals surface area (Å²) in [6, 6.07) is 7.92. The van der Waals surface area contributed by atoms with Crippen LogP contribution in [-0.2, 0) is 19.8 Å². The van der Waals surface area contributed by atoms with Crippen LogP contribution in [0.5, 0.6) is 0 Å². The molecule has 7 nitrogen and oxygen atoms in total. The first-order chi connectivity index (χ1) is 14.2. The number of nitrogens with zero attached hydrogens (tertiary/aromatic N) is 4. The lowest BCUT2D eigenvalue weighted by Gasteiger charge is -2.39. The summed E-state index contributed by atoms with van der Waals surface area (Å²) in [7, 11) is 5.89. The normalized spacial score (nSPS) is 25.5. The van der Waals surface area contributed by atoms with Crippen LogP contribution in [0.25, 0.3) is 0 Å². The van der Waals surface area contributed by atoms with E-state index in [1.807, 2.05) is 55.1 Å². The van der Waals surface area contributed by atoms with E-state index in [9.17, 15) is 14.4 Å². The lowest BCUT2D eigenvalue weighted by molar-refractivity contribution is -0.143. The first kappa shape index (κ1) is 22.4. The van der Waals surface area contributed by atoms with E-state index in [0.29, 0.717) is 26.2 Å². The number of aryl methyl sites for hydroxylation is 1. The molecule has 0 N–H and O–H groups in total. The van der Waals surface area contributed by atoms with Crippen LogP contribution in [0.15, 0.2) is 24.3 Å². The first-order valence-corrected chi connectivity index (χ1v) is 10.7. The van der Waals surface area contributed by atoms with Gasteiger partial charge >= 0.3 is 0 Å². The molecule has 164 valence electrons. The minimum Gasteiger partial charge on any atom is -0.340 e.